The van der Waals surface area contributed by atoms with Crippen LogP contribution in [0, 0.1) is 5.92 Å². The zero-order chi connectivity index (χ0) is 9.35. The second kappa shape index (κ2) is 3.19. The SMILES string of the molecule is C=C1CCC(O)C(C(C)(C)O)C1. The van der Waals surface area contributed by atoms with E-state index in [1.807, 2.05) is 0 Å². The van der Waals surface area contributed by atoms with E-state index >= 15 is 0 Å². The first-order chi connectivity index (χ1) is 5.41. The first-order valence-corrected chi connectivity index (χ1v) is 4.48. The van der Waals surface area contributed by atoms with Gasteiger partial charge in [-0.2, -0.15) is 0 Å². The maximum Gasteiger partial charge on any atom is 0.0647 e. The summed E-state index contributed by atoms with van der Waals surface area (Å²) in [5.41, 5.74) is 0.357. The second-order valence-corrected chi connectivity index (χ2v) is 4.32. The molecular weight excluding hydrogens is 152 g/mol. The highest BCUT2D eigenvalue weighted by molar-refractivity contribution is 5.05. The Kier molecular flexibility index (Phi) is 2.59. The fourth-order valence-electron chi connectivity index (χ4n) is 1.82. The zero-order valence-electron chi connectivity index (χ0n) is 7.88. The van der Waals surface area contributed by atoms with Gasteiger partial charge in [-0.25, -0.2) is 0 Å². The van der Waals surface area contributed by atoms with Crippen LogP contribution < -0.4 is 0 Å². The van der Waals surface area contributed by atoms with Gasteiger partial charge in [0.25, 0.3) is 0 Å². The van der Waals surface area contributed by atoms with Gasteiger partial charge in [0.15, 0.2) is 0 Å². The summed E-state index contributed by atoms with van der Waals surface area (Å²) in [5.74, 6) is -0.0428. The minimum atomic E-state index is -0.789. The minimum Gasteiger partial charge on any atom is -0.393 e. The van der Waals surface area contributed by atoms with Crippen molar-refractivity contribution in [3.8, 4) is 0 Å². The van der Waals surface area contributed by atoms with Crippen molar-refractivity contribution in [2.75, 3.05) is 0 Å². The fraction of sp³-hybridized carbons (Fsp3) is 0.800. The highest BCUT2D eigenvalue weighted by Gasteiger charge is 2.35. The lowest BCUT2D eigenvalue weighted by molar-refractivity contribution is -0.0558. The lowest BCUT2D eigenvalue weighted by Crippen LogP contribution is -2.41. The van der Waals surface area contributed by atoms with Crippen molar-refractivity contribution in [2.45, 2.75) is 44.8 Å². The van der Waals surface area contributed by atoms with Crippen molar-refractivity contribution in [2.24, 2.45) is 5.92 Å². The van der Waals surface area contributed by atoms with Crippen molar-refractivity contribution < 1.29 is 10.2 Å². The zero-order valence-corrected chi connectivity index (χ0v) is 7.88. The van der Waals surface area contributed by atoms with Gasteiger partial charge in [0.1, 0.15) is 0 Å². The average Bonchev–Trinajstić information content (AvgIpc) is 1.92. The van der Waals surface area contributed by atoms with E-state index in [1.54, 1.807) is 13.8 Å². The molecule has 12 heavy (non-hydrogen) atoms. The van der Waals surface area contributed by atoms with Gasteiger partial charge in [0.05, 0.1) is 11.7 Å². The Hall–Kier alpha value is -0.340. The van der Waals surface area contributed by atoms with Gasteiger partial charge in [0, 0.05) is 5.92 Å². The molecule has 2 atom stereocenters. The quantitative estimate of drug-likeness (QED) is 0.585. The fourth-order valence-corrected chi connectivity index (χ4v) is 1.82. The molecule has 2 nitrogen and oxygen atoms in total. The Labute approximate surface area is 73.9 Å². The van der Waals surface area contributed by atoms with Crippen LogP contribution in [-0.4, -0.2) is 21.9 Å². The highest BCUT2D eigenvalue weighted by Crippen LogP contribution is 2.34. The van der Waals surface area contributed by atoms with E-state index in [1.165, 1.54) is 0 Å². The second-order valence-electron chi connectivity index (χ2n) is 4.32. The van der Waals surface area contributed by atoms with Gasteiger partial charge in [-0.1, -0.05) is 12.2 Å². The number of aliphatic hydroxyl groups excluding tert-OH is 1. The number of aliphatic hydroxyl groups is 2. The Morgan fingerprint density at radius 2 is 2.08 bits per heavy atom. The van der Waals surface area contributed by atoms with Gasteiger partial charge in [-0.15, -0.1) is 0 Å². The Balaban J connectivity index is 2.67. The van der Waals surface area contributed by atoms with Crippen molar-refractivity contribution in [3.63, 3.8) is 0 Å². The predicted octanol–water partition coefficient (Wildman–Crippen LogP) is 1.47. The summed E-state index contributed by atoms with van der Waals surface area (Å²) in [4.78, 5) is 0. The molecule has 0 aromatic heterocycles. The molecule has 1 rings (SSSR count). The largest absolute Gasteiger partial charge is 0.393 e. The van der Waals surface area contributed by atoms with Crippen molar-refractivity contribution in [1.82, 2.24) is 0 Å². The third kappa shape index (κ3) is 2.08. The third-order valence-electron chi connectivity index (χ3n) is 2.67. The van der Waals surface area contributed by atoms with E-state index in [4.69, 9.17) is 0 Å². The minimum absolute atomic E-state index is 0.0428. The van der Waals surface area contributed by atoms with Crippen LogP contribution in [0.1, 0.15) is 33.1 Å². The highest BCUT2D eigenvalue weighted by atomic mass is 16.3. The van der Waals surface area contributed by atoms with Gasteiger partial charge < -0.3 is 10.2 Å². The molecule has 0 heterocycles. The molecule has 2 heteroatoms. The molecule has 70 valence electrons. The van der Waals surface area contributed by atoms with Gasteiger partial charge >= 0.3 is 0 Å². The predicted molar refractivity (Wildman–Crippen MR) is 48.8 cm³/mol. The molecule has 2 N–H and O–H groups in total. The van der Waals surface area contributed by atoms with Crippen LogP contribution in [-0.2, 0) is 0 Å². The van der Waals surface area contributed by atoms with Crippen molar-refractivity contribution in [3.05, 3.63) is 12.2 Å². The third-order valence-corrected chi connectivity index (χ3v) is 2.67. The van der Waals surface area contributed by atoms with Gasteiger partial charge in [0.2, 0.25) is 0 Å². The Morgan fingerprint density at radius 3 is 2.50 bits per heavy atom. The van der Waals surface area contributed by atoms with Crippen LogP contribution in [0.3, 0.4) is 0 Å². The number of rotatable bonds is 1. The van der Waals surface area contributed by atoms with E-state index in [-0.39, 0.29) is 12.0 Å². The van der Waals surface area contributed by atoms with Crippen LogP contribution in [0.2, 0.25) is 0 Å². The molecule has 1 fully saturated rings. The maximum atomic E-state index is 9.73. The number of allylic oxidation sites excluding steroid dienone is 1. The molecule has 0 radical (unpaired) electrons. The van der Waals surface area contributed by atoms with Crippen LogP contribution in [0.5, 0.6) is 0 Å². The maximum absolute atomic E-state index is 9.73. The summed E-state index contributed by atoms with van der Waals surface area (Å²) in [6.07, 6.45) is 2.03. The molecule has 0 aromatic rings. The van der Waals surface area contributed by atoms with E-state index in [0.29, 0.717) is 0 Å². The smallest absolute Gasteiger partial charge is 0.0647 e. The average molecular weight is 170 g/mol. The molecule has 2 unspecified atom stereocenters. The first-order valence-electron chi connectivity index (χ1n) is 4.48. The summed E-state index contributed by atoms with van der Waals surface area (Å²) >= 11 is 0. The van der Waals surface area contributed by atoms with Crippen LogP contribution in [0.4, 0.5) is 0 Å². The van der Waals surface area contributed by atoms with E-state index in [0.717, 1.165) is 24.8 Å². The Bertz CT molecular complexity index is 179. The molecule has 0 saturated heterocycles. The lowest BCUT2D eigenvalue weighted by atomic mass is 9.75. The Morgan fingerprint density at radius 1 is 1.50 bits per heavy atom. The topological polar surface area (TPSA) is 40.5 Å². The van der Waals surface area contributed by atoms with E-state index < -0.39 is 5.60 Å². The van der Waals surface area contributed by atoms with Crippen LogP contribution in [0.15, 0.2) is 12.2 Å². The molecule has 0 spiro atoms. The van der Waals surface area contributed by atoms with Crippen LogP contribution >= 0.6 is 0 Å². The molecule has 0 bridgehead atoms. The molecule has 0 aliphatic heterocycles. The summed E-state index contributed by atoms with van der Waals surface area (Å²) in [5, 5.41) is 19.4. The summed E-state index contributed by atoms with van der Waals surface area (Å²) in [6, 6.07) is 0. The molecular formula is C10H18O2. The number of hydrogen-bond donors (Lipinski definition) is 2. The van der Waals surface area contributed by atoms with Gasteiger partial charge in [-0.05, 0) is 33.1 Å². The summed E-state index contributed by atoms with van der Waals surface area (Å²) in [6.45, 7) is 7.39. The lowest BCUT2D eigenvalue weighted by Gasteiger charge is -2.37. The standard InChI is InChI=1S/C10H18O2/c1-7-4-5-9(11)8(6-7)10(2,3)12/h8-9,11-12H,1,4-6H2,2-3H3. The van der Waals surface area contributed by atoms with E-state index in [2.05, 4.69) is 6.58 Å². The molecule has 1 aliphatic carbocycles. The molecule has 1 saturated carbocycles. The summed E-state index contributed by atoms with van der Waals surface area (Å²) in [7, 11) is 0. The monoisotopic (exact) mass is 170 g/mol. The summed E-state index contributed by atoms with van der Waals surface area (Å²) < 4.78 is 0. The molecule has 0 aromatic carbocycles. The molecule has 0 amide bonds. The number of hydrogen-bond acceptors (Lipinski definition) is 2. The van der Waals surface area contributed by atoms with Crippen molar-refractivity contribution >= 4 is 0 Å². The molecule has 1 aliphatic rings. The normalized spacial score (nSPS) is 32.2. The first kappa shape index (κ1) is 9.75. The van der Waals surface area contributed by atoms with Gasteiger partial charge in [-0.3, -0.25) is 0 Å². The van der Waals surface area contributed by atoms with E-state index in [9.17, 15) is 10.2 Å². The van der Waals surface area contributed by atoms with Crippen molar-refractivity contribution in [1.29, 1.82) is 0 Å². The van der Waals surface area contributed by atoms with Crippen LogP contribution in [0.25, 0.3) is 0 Å².